The van der Waals surface area contributed by atoms with Crippen molar-refractivity contribution in [1.29, 1.82) is 0 Å². The molecule has 7 heteroatoms. The van der Waals surface area contributed by atoms with E-state index in [9.17, 15) is 8.42 Å². The zero-order valence-corrected chi connectivity index (χ0v) is 12.2. The quantitative estimate of drug-likeness (QED) is 0.808. The zero-order chi connectivity index (χ0) is 14.0. The summed E-state index contributed by atoms with van der Waals surface area (Å²) in [7, 11) is -3.53. The third-order valence-electron chi connectivity index (χ3n) is 2.09. The highest BCUT2D eigenvalue weighted by Crippen LogP contribution is 2.13. The van der Waals surface area contributed by atoms with Gasteiger partial charge in [0.05, 0.1) is 5.69 Å². The largest absolute Gasteiger partial charge is 0.388 e. The highest BCUT2D eigenvalue weighted by molar-refractivity contribution is 7.89. The van der Waals surface area contributed by atoms with Gasteiger partial charge in [-0.1, -0.05) is 33.0 Å². The predicted octanol–water partition coefficient (Wildman–Crippen LogP) is 1.04. The second kappa shape index (κ2) is 5.29. The average Bonchev–Trinajstić information content (AvgIpc) is 2.26. The maximum absolute atomic E-state index is 11.9. The van der Waals surface area contributed by atoms with Crippen LogP contribution >= 0.6 is 12.2 Å². The van der Waals surface area contributed by atoms with Crippen LogP contribution in [0.25, 0.3) is 0 Å². The summed E-state index contributed by atoms with van der Waals surface area (Å²) in [4.78, 5) is 4.15. The van der Waals surface area contributed by atoms with Crippen LogP contribution < -0.4 is 10.5 Å². The highest BCUT2D eigenvalue weighted by atomic mass is 32.2. The molecule has 5 nitrogen and oxygen atoms in total. The number of aromatic nitrogens is 1. The van der Waals surface area contributed by atoms with Gasteiger partial charge < -0.3 is 5.73 Å². The van der Waals surface area contributed by atoms with E-state index in [1.165, 1.54) is 18.3 Å². The van der Waals surface area contributed by atoms with Gasteiger partial charge in [0.25, 0.3) is 0 Å². The molecule has 1 aromatic heterocycles. The van der Waals surface area contributed by atoms with Gasteiger partial charge in [-0.05, 0) is 17.5 Å². The predicted molar refractivity (Wildman–Crippen MR) is 74.8 cm³/mol. The lowest BCUT2D eigenvalue weighted by atomic mass is 9.98. The monoisotopic (exact) mass is 287 g/mol. The number of thiocarbonyl (C=S) groups is 1. The number of nitrogens with two attached hydrogens (primary N) is 1. The molecule has 100 valence electrons. The van der Waals surface area contributed by atoms with Crippen LogP contribution in [0.2, 0.25) is 0 Å². The van der Waals surface area contributed by atoms with Gasteiger partial charge in [-0.3, -0.25) is 4.98 Å². The Labute approximate surface area is 113 Å². The first kappa shape index (κ1) is 15.0. The van der Waals surface area contributed by atoms with Crippen LogP contribution in [0.15, 0.2) is 23.2 Å². The lowest BCUT2D eigenvalue weighted by molar-refractivity contribution is 0.407. The number of hydrogen-bond acceptors (Lipinski definition) is 4. The van der Waals surface area contributed by atoms with E-state index in [1.807, 2.05) is 20.8 Å². The minimum atomic E-state index is -3.53. The minimum absolute atomic E-state index is 0.103. The first-order valence-electron chi connectivity index (χ1n) is 5.37. The Morgan fingerprint density at radius 1 is 1.44 bits per heavy atom. The Balaban J connectivity index is 2.89. The fourth-order valence-electron chi connectivity index (χ4n) is 1.08. The smallest absolute Gasteiger partial charge is 0.242 e. The van der Waals surface area contributed by atoms with Crippen molar-refractivity contribution in [2.24, 2.45) is 11.1 Å². The number of nitrogens with zero attached hydrogens (tertiary/aromatic N) is 1. The van der Waals surface area contributed by atoms with E-state index >= 15 is 0 Å². The van der Waals surface area contributed by atoms with Gasteiger partial charge >= 0.3 is 0 Å². The summed E-state index contributed by atoms with van der Waals surface area (Å²) in [6.45, 7) is 6.20. The van der Waals surface area contributed by atoms with Crippen LogP contribution in [0.5, 0.6) is 0 Å². The van der Waals surface area contributed by atoms with Gasteiger partial charge in [0.2, 0.25) is 10.0 Å². The second-order valence-corrected chi connectivity index (χ2v) is 7.34. The summed E-state index contributed by atoms with van der Waals surface area (Å²) in [5, 5.41) is 0. The first-order valence-corrected chi connectivity index (χ1v) is 7.26. The highest BCUT2D eigenvalue weighted by Gasteiger charge is 2.18. The van der Waals surface area contributed by atoms with Crippen molar-refractivity contribution in [3.05, 3.63) is 24.0 Å². The van der Waals surface area contributed by atoms with Crippen molar-refractivity contribution in [2.75, 3.05) is 6.54 Å². The van der Waals surface area contributed by atoms with Gasteiger partial charge in [0.1, 0.15) is 9.88 Å². The van der Waals surface area contributed by atoms with Crippen LogP contribution in [0.4, 0.5) is 0 Å². The number of pyridine rings is 1. The van der Waals surface area contributed by atoms with E-state index in [-0.39, 0.29) is 15.3 Å². The van der Waals surface area contributed by atoms with E-state index in [4.69, 9.17) is 18.0 Å². The molecule has 0 bridgehead atoms. The van der Waals surface area contributed by atoms with Crippen molar-refractivity contribution in [3.8, 4) is 0 Å². The van der Waals surface area contributed by atoms with Crippen molar-refractivity contribution >= 4 is 27.2 Å². The molecule has 0 unspecified atom stereocenters. The van der Waals surface area contributed by atoms with E-state index in [2.05, 4.69) is 9.71 Å². The number of nitrogens with one attached hydrogen (secondary N) is 1. The third kappa shape index (κ3) is 4.32. The van der Waals surface area contributed by atoms with Crippen molar-refractivity contribution < 1.29 is 8.42 Å². The summed E-state index contributed by atoms with van der Waals surface area (Å²) >= 11 is 4.75. The Hall–Kier alpha value is -1.05. The Kier molecular flexibility index (Phi) is 4.41. The Morgan fingerprint density at radius 2 is 2.06 bits per heavy atom. The lowest BCUT2D eigenvalue weighted by Crippen LogP contribution is -2.32. The molecule has 0 radical (unpaired) electrons. The molecule has 1 rings (SSSR count). The molecule has 0 atom stereocenters. The molecule has 0 amide bonds. The molecule has 18 heavy (non-hydrogen) atoms. The molecule has 0 saturated heterocycles. The standard InChI is InChI=1S/C11H17N3O2S2/c1-11(2,3)7-14-18(15,16)8-4-5-9(10(12)17)13-6-8/h4-6,14H,7H2,1-3H3,(H2,12,17). The third-order valence-corrected chi connectivity index (χ3v) is 3.69. The van der Waals surface area contributed by atoms with Crippen LogP contribution in [0.1, 0.15) is 26.5 Å². The Morgan fingerprint density at radius 3 is 2.44 bits per heavy atom. The van der Waals surface area contributed by atoms with Gasteiger partial charge in [-0.25, -0.2) is 13.1 Å². The summed E-state index contributed by atoms with van der Waals surface area (Å²) < 4.78 is 26.4. The van der Waals surface area contributed by atoms with Crippen molar-refractivity contribution in [2.45, 2.75) is 25.7 Å². The number of sulfonamides is 1. The molecule has 0 fully saturated rings. The van der Waals surface area contributed by atoms with E-state index in [0.717, 1.165) is 0 Å². The van der Waals surface area contributed by atoms with Crippen LogP contribution in [0, 0.1) is 5.41 Å². The van der Waals surface area contributed by atoms with Crippen molar-refractivity contribution in [3.63, 3.8) is 0 Å². The maximum Gasteiger partial charge on any atom is 0.242 e. The number of hydrogen-bond donors (Lipinski definition) is 2. The second-order valence-electron chi connectivity index (χ2n) is 5.13. The van der Waals surface area contributed by atoms with Gasteiger partial charge in [0.15, 0.2) is 0 Å². The first-order chi connectivity index (χ1) is 8.12. The van der Waals surface area contributed by atoms with E-state index in [0.29, 0.717) is 12.2 Å². The topological polar surface area (TPSA) is 85.1 Å². The normalized spacial score (nSPS) is 12.4. The average molecular weight is 287 g/mol. The molecule has 0 aliphatic heterocycles. The molecule has 1 aromatic rings. The molecule has 0 aliphatic carbocycles. The minimum Gasteiger partial charge on any atom is -0.388 e. The number of rotatable bonds is 4. The molecule has 0 aromatic carbocycles. The van der Waals surface area contributed by atoms with Crippen LogP contribution in [0.3, 0.4) is 0 Å². The Bertz CT molecular complexity index is 530. The van der Waals surface area contributed by atoms with E-state index < -0.39 is 10.0 Å². The molecule has 0 spiro atoms. The van der Waals surface area contributed by atoms with Gasteiger partial charge in [-0.15, -0.1) is 0 Å². The molecule has 1 heterocycles. The molecular weight excluding hydrogens is 270 g/mol. The molecule has 0 aliphatic rings. The van der Waals surface area contributed by atoms with Crippen molar-refractivity contribution in [1.82, 2.24) is 9.71 Å². The van der Waals surface area contributed by atoms with E-state index in [1.54, 1.807) is 0 Å². The lowest BCUT2D eigenvalue weighted by Gasteiger charge is -2.18. The summed E-state index contributed by atoms with van der Waals surface area (Å²) in [5.74, 6) is 0. The van der Waals surface area contributed by atoms with Gasteiger partial charge in [0, 0.05) is 12.7 Å². The molecule has 0 saturated carbocycles. The molecular formula is C11H17N3O2S2. The SMILES string of the molecule is CC(C)(C)CNS(=O)(=O)c1ccc(C(N)=S)nc1. The maximum atomic E-state index is 11.9. The summed E-state index contributed by atoms with van der Waals surface area (Å²) in [6, 6.07) is 2.93. The fourth-order valence-corrected chi connectivity index (χ4v) is 2.43. The summed E-state index contributed by atoms with van der Waals surface area (Å²) in [5.41, 5.74) is 5.67. The zero-order valence-electron chi connectivity index (χ0n) is 10.6. The molecule has 3 N–H and O–H groups in total. The van der Waals surface area contributed by atoms with Crippen LogP contribution in [-0.2, 0) is 10.0 Å². The summed E-state index contributed by atoms with van der Waals surface area (Å²) in [6.07, 6.45) is 1.25. The fraction of sp³-hybridized carbons (Fsp3) is 0.455. The van der Waals surface area contributed by atoms with Crippen LogP contribution in [-0.4, -0.2) is 24.9 Å². The van der Waals surface area contributed by atoms with Gasteiger partial charge in [-0.2, -0.15) is 0 Å².